The fourth-order valence-electron chi connectivity index (χ4n) is 0. The Kier molecular flexibility index (Phi) is 22.4. The van der Waals surface area contributed by atoms with Gasteiger partial charge in [0.2, 0.25) is 0 Å². The van der Waals surface area contributed by atoms with Crippen molar-refractivity contribution in [3.63, 3.8) is 0 Å². The predicted molar refractivity (Wildman–Crippen MR) is 17.6 cm³/mol. The van der Waals surface area contributed by atoms with E-state index in [4.69, 9.17) is 37.3 Å². The molecule has 0 radical (unpaired) electrons. The molecule has 0 aliphatic heterocycles. The monoisotopic (exact) mass is 262 g/mol. The van der Waals surface area contributed by atoms with E-state index in [1.54, 1.807) is 14.1 Å². The fourth-order valence-corrected chi connectivity index (χ4v) is 0. The third-order valence-electron chi connectivity index (χ3n) is 0. The summed E-state index contributed by atoms with van der Waals surface area (Å²) in [6.45, 7) is 0. The van der Waals surface area contributed by atoms with E-state index < -0.39 is 20.5 Å². The number of halogens is 2. The van der Waals surface area contributed by atoms with Gasteiger partial charge in [-0.1, -0.05) is 0 Å². The third-order valence-corrected chi connectivity index (χ3v) is 0. The first-order chi connectivity index (χ1) is 6.00. The maximum atomic E-state index is 8.49. The minimum absolute atomic E-state index is 1.75. The molecule has 0 saturated carbocycles. The second-order valence-electron chi connectivity index (χ2n) is 0.756. The summed E-state index contributed by atoms with van der Waals surface area (Å²) in [7, 11) is -6.39. The van der Waals surface area contributed by atoms with Crippen LogP contribution in [0.1, 0.15) is 0 Å². The van der Waals surface area contributed by atoms with E-state index in [2.05, 4.69) is 11.5 Å². The highest BCUT2D eigenvalue weighted by atomic mass is 35.7. The molecule has 0 rings (SSSR count). The molecule has 6 N–H and O–H groups in total. The van der Waals surface area contributed by atoms with E-state index in [1.807, 2.05) is 0 Å². The third kappa shape index (κ3) is 47000. The second kappa shape index (κ2) is 13.2. The van der Waals surface area contributed by atoms with E-state index in [9.17, 15) is 0 Å². The molecule has 0 aromatic carbocycles. The van der Waals surface area contributed by atoms with Crippen LogP contribution in [-0.2, 0) is 0 Å². The van der Waals surface area contributed by atoms with Crippen molar-refractivity contribution in [3.05, 3.63) is 0 Å². The Hall–Kier alpha value is 0.180. The van der Waals surface area contributed by atoms with Crippen LogP contribution in [0.2, 0.25) is 0 Å². The Morgan fingerprint density at radius 2 is 0.500 bits per heavy atom. The van der Waals surface area contributed by atoms with Crippen LogP contribution in [0.4, 0.5) is 0 Å². The molecule has 12 heteroatoms. The van der Waals surface area contributed by atoms with E-state index >= 15 is 0 Å². The van der Waals surface area contributed by atoms with Crippen molar-refractivity contribution in [1.29, 1.82) is 0 Å². The van der Waals surface area contributed by atoms with Gasteiger partial charge in [-0.05, 0) is 0 Å². The molecule has 0 unspecified atom stereocenters. The zero-order valence-electron chi connectivity index (χ0n) is 7.44. The largest absolute Gasteiger partial charge is 0.360 e. The first-order valence-corrected chi connectivity index (χ1v) is 5.12. The van der Waals surface area contributed by atoms with Gasteiger partial charge in [0.15, 0.2) is 0 Å². The highest BCUT2D eigenvalue weighted by molar-refractivity contribution is 3.08. The Balaban J connectivity index is -0.0000000528. The van der Waals surface area contributed by atoms with Crippen LogP contribution in [0.25, 0.3) is 0 Å². The molecule has 0 aromatic rings. The van der Waals surface area contributed by atoms with Gasteiger partial charge in [-0.15, -0.1) is 20.5 Å². The Morgan fingerprint density at radius 3 is 0.500 bits per heavy atom. The van der Waals surface area contributed by atoms with Gasteiger partial charge in [-0.25, -0.2) is 37.3 Å². The quantitative estimate of drug-likeness (QED) is 0.423. The van der Waals surface area contributed by atoms with E-state index in [0.717, 1.165) is 0 Å². The lowest BCUT2D eigenvalue weighted by atomic mass is 11.6. The fraction of sp³-hybridized carbons (Fsp3) is 1.00. The Bertz CT molecular complexity index is 66.3. The predicted octanol–water partition coefficient (Wildman–Crippen LogP) is -11.8. The van der Waals surface area contributed by atoms with Crippen molar-refractivity contribution >= 4 is 0 Å². The normalized spacial score (nSPS) is 9.43. The van der Waals surface area contributed by atoms with Crippen molar-refractivity contribution in [2.75, 3.05) is 14.1 Å². The van der Waals surface area contributed by atoms with Gasteiger partial charge in [-0.3, -0.25) is 0 Å². The van der Waals surface area contributed by atoms with Crippen molar-refractivity contribution in [1.82, 2.24) is 0 Å². The average molecular weight is 263 g/mol. The van der Waals surface area contributed by atoms with Gasteiger partial charge in [0, 0.05) is 0 Å². The Morgan fingerprint density at radius 1 is 0.500 bits per heavy atom. The van der Waals surface area contributed by atoms with Crippen molar-refractivity contribution < 1.29 is 69.2 Å². The highest BCUT2D eigenvalue weighted by Crippen LogP contribution is 1.50. The number of rotatable bonds is 0. The minimum atomic E-state index is -4.94. The maximum Gasteiger partial charge on any atom is 0.0634 e. The molecular formula is C2H12Cl2N2O8. The molecule has 0 heterocycles. The Labute approximate surface area is 84.1 Å². The van der Waals surface area contributed by atoms with Gasteiger partial charge >= 0.3 is 0 Å². The molecule has 0 aliphatic rings. The van der Waals surface area contributed by atoms with Gasteiger partial charge in [0.1, 0.15) is 0 Å². The number of hydrogen-bond donors (Lipinski definition) is 2. The second-order valence-corrected chi connectivity index (χ2v) is 2.27. The molecule has 0 amide bonds. The summed E-state index contributed by atoms with van der Waals surface area (Å²) >= 11 is 0. The van der Waals surface area contributed by atoms with E-state index in [0.29, 0.717) is 0 Å². The first kappa shape index (κ1) is 23.8. The lowest BCUT2D eigenvalue weighted by molar-refractivity contribution is -2.00. The summed E-state index contributed by atoms with van der Waals surface area (Å²) in [5.74, 6) is 0. The first-order valence-electron chi connectivity index (χ1n) is 2.65. The topological polar surface area (TPSA) is 240 Å². The van der Waals surface area contributed by atoms with Crippen molar-refractivity contribution in [3.8, 4) is 0 Å². The summed E-state index contributed by atoms with van der Waals surface area (Å²) < 4.78 is 67.9. The molecule has 92 valence electrons. The van der Waals surface area contributed by atoms with Gasteiger partial charge in [0.25, 0.3) is 0 Å². The lowest BCUT2D eigenvalue weighted by Crippen LogP contribution is -2.68. The molecule has 0 saturated heterocycles. The summed E-state index contributed by atoms with van der Waals surface area (Å²) in [4.78, 5) is 0. The molecule has 0 spiro atoms. The lowest BCUT2D eigenvalue weighted by Gasteiger charge is -2.17. The van der Waals surface area contributed by atoms with Crippen molar-refractivity contribution in [2.45, 2.75) is 0 Å². The van der Waals surface area contributed by atoms with Crippen LogP contribution in [0.15, 0.2) is 0 Å². The van der Waals surface area contributed by atoms with Gasteiger partial charge in [0.05, 0.1) is 14.1 Å². The molecule has 0 atom stereocenters. The molecule has 0 bridgehead atoms. The van der Waals surface area contributed by atoms with E-state index in [-0.39, 0.29) is 0 Å². The zero-order chi connectivity index (χ0) is 13.0. The standard InChI is InChI=1S/2CH5N.2ClHO4/c2*1-2;2*2-1(3,4)5/h2*2H2,1H3;2*(H,2,3,4,5). The smallest absolute Gasteiger partial charge is 0.0634 e. The average Bonchev–Trinajstić information content (AvgIpc) is 1.88. The minimum Gasteiger partial charge on any atom is -0.360 e. The zero-order valence-corrected chi connectivity index (χ0v) is 8.95. The number of hydrogen-bond acceptors (Lipinski definition) is 8. The molecule has 10 nitrogen and oxygen atoms in total. The molecule has 0 aliphatic carbocycles. The van der Waals surface area contributed by atoms with Crippen LogP contribution in [0, 0.1) is 20.5 Å². The molecule has 0 fully saturated rings. The van der Waals surface area contributed by atoms with Gasteiger partial charge < -0.3 is 11.5 Å². The van der Waals surface area contributed by atoms with Crippen LogP contribution >= 0.6 is 0 Å². The highest BCUT2D eigenvalue weighted by Gasteiger charge is 1.84. The number of quaternary nitrogens is 2. The SMILES string of the molecule is C[NH3+].C[NH3+].[O-][Cl+3]([O-])([O-])[O-].[O-][Cl+3]([O-])([O-])[O-]. The van der Waals surface area contributed by atoms with Crippen LogP contribution in [0.3, 0.4) is 0 Å². The van der Waals surface area contributed by atoms with Crippen LogP contribution in [-0.4, -0.2) is 14.1 Å². The summed E-state index contributed by atoms with van der Waals surface area (Å²) in [6, 6.07) is 0. The van der Waals surface area contributed by atoms with E-state index in [1.165, 1.54) is 0 Å². The van der Waals surface area contributed by atoms with Gasteiger partial charge in [-0.2, -0.15) is 0 Å². The molecular weight excluding hydrogens is 251 g/mol. The van der Waals surface area contributed by atoms with Crippen LogP contribution < -0.4 is 48.7 Å². The molecule has 14 heavy (non-hydrogen) atoms. The summed E-state index contributed by atoms with van der Waals surface area (Å²) in [6.07, 6.45) is 0. The summed E-state index contributed by atoms with van der Waals surface area (Å²) in [5.41, 5.74) is 6.50. The summed E-state index contributed by atoms with van der Waals surface area (Å²) in [5, 5.41) is 0. The maximum absolute atomic E-state index is 8.49. The molecule has 0 aromatic heterocycles. The van der Waals surface area contributed by atoms with Crippen LogP contribution in [0.5, 0.6) is 0 Å². The van der Waals surface area contributed by atoms with Crippen molar-refractivity contribution in [2.24, 2.45) is 0 Å².